The Morgan fingerprint density at radius 2 is 1.95 bits per heavy atom. The molecule has 0 radical (unpaired) electrons. The van der Waals surface area contributed by atoms with E-state index in [1.807, 2.05) is 12.1 Å². The van der Waals surface area contributed by atoms with Crippen LogP contribution in [-0.2, 0) is 16.4 Å². The molecule has 3 nitrogen and oxygen atoms in total. The van der Waals surface area contributed by atoms with E-state index in [0.717, 1.165) is 17.7 Å². The summed E-state index contributed by atoms with van der Waals surface area (Å²) in [5.41, 5.74) is 0.934. The molecule has 2 aromatic rings. The van der Waals surface area contributed by atoms with Crippen molar-refractivity contribution in [2.75, 3.05) is 6.54 Å². The molecule has 0 aliphatic rings. The van der Waals surface area contributed by atoms with Crippen molar-refractivity contribution in [1.29, 1.82) is 0 Å². The Morgan fingerprint density at radius 1 is 1.19 bits per heavy atom. The van der Waals surface area contributed by atoms with Crippen LogP contribution in [0, 0.1) is 5.82 Å². The summed E-state index contributed by atoms with van der Waals surface area (Å²) in [6, 6.07) is 10.7. The lowest BCUT2D eigenvalue weighted by Crippen LogP contribution is -2.26. The summed E-state index contributed by atoms with van der Waals surface area (Å²) < 4.78 is 39.9. The fourth-order valence-corrected chi connectivity index (χ4v) is 4.09. The van der Waals surface area contributed by atoms with Gasteiger partial charge < -0.3 is 0 Å². The maximum absolute atomic E-state index is 13.0. The van der Waals surface area contributed by atoms with Gasteiger partial charge in [-0.25, -0.2) is 17.5 Å². The van der Waals surface area contributed by atoms with E-state index >= 15 is 0 Å². The number of hydrogen-bond donors (Lipinski definition) is 1. The molecule has 0 atom stereocenters. The van der Waals surface area contributed by atoms with Crippen molar-refractivity contribution in [3.05, 3.63) is 63.3 Å². The number of sulfonamides is 1. The van der Waals surface area contributed by atoms with E-state index in [0.29, 0.717) is 11.4 Å². The van der Waals surface area contributed by atoms with Gasteiger partial charge in [0.2, 0.25) is 10.0 Å². The smallest absolute Gasteiger partial charge is 0.211 e. The molecule has 0 aromatic heterocycles. The molecule has 0 bridgehead atoms. The Labute approximate surface area is 136 Å². The van der Waals surface area contributed by atoms with E-state index in [-0.39, 0.29) is 15.9 Å². The molecule has 21 heavy (non-hydrogen) atoms. The fraction of sp³-hybridized carbons (Fsp3) is 0.143. The first-order chi connectivity index (χ1) is 9.88. The van der Waals surface area contributed by atoms with Crippen molar-refractivity contribution >= 4 is 37.6 Å². The highest BCUT2D eigenvalue weighted by molar-refractivity contribution is 9.10. The van der Waals surface area contributed by atoms with Gasteiger partial charge in [-0.1, -0.05) is 23.7 Å². The van der Waals surface area contributed by atoms with Crippen LogP contribution in [0.4, 0.5) is 4.39 Å². The molecule has 0 heterocycles. The summed E-state index contributed by atoms with van der Waals surface area (Å²) >= 11 is 8.92. The molecule has 2 aromatic carbocycles. The maximum Gasteiger partial charge on any atom is 0.241 e. The van der Waals surface area contributed by atoms with Crippen molar-refractivity contribution in [1.82, 2.24) is 4.72 Å². The topological polar surface area (TPSA) is 46.2 Å². The first-order valence-electron chi connectivity index (χ1n) is 6.08. The van der Waals surface area contributed by atoms with Gasteiger partial charge in [-0.2, -0.15) is 0 Å². The van der Waals surface area contributed by atoms with Crippen LogP contribution in [0.2, 0.25) is 5.02 Å². The molecule has 0 aliphatic carbocycles. The number of hydrogen-bond acceptors (Lipinski definition) is 2. The SMILES string of the molecule is O=S(=O)(NCCc1cccc(Cl)c1)c1ccc(F)cc1Br. The lowest BCUT2D eigenvalue weighted by Gasteiger charge is -2.08. The molecular weight excluding hydrogens is 381 g/mol. The average molecular weight is 393 g/mol. The molecule has 0 saturated carbocycles. The summed E-state index contributed by atoms with van der Waals surface area (Å²) in [6.07, 6.45) is 0.513. The zero-order valence-electron chi connectivity index (χ0n) is 10.8. The number of halogens is 3. The van der Waals surface area contributed by atoms with E-state index in [4.69, 9.17) is 11.6 Å². The van der Waals surface area contributed by atoms with Gasteiger partial charge in [0.25, 0.3) is 0 Å². The second-order valence-corrected chi connectivity index (χ2v) is 7.38. The molecule has 0 saturated heterocycles. The van der Waals surface area contributed by atoms with Crippen LogP contribution in [0.1, 0.15) is 5.56 Å². The third-order valence-corrected chi connectivity index (χ3v) is 5.45. The molecule has 0 spiro atoms. The van der Waals surface area contributed by atoms with Gasteiger partial charge in [-0.3, -0.25) is 0 Å². The van der Waals surface area contributed by atoms with Crippen molar-refractivity contribution in [3.63, 3.8) is 0 Å². The minimum atomic E-state index is -3.68. The van der Waals surface area contributed by atoms with Gasteiger partial charge in [0.1, 0.15) is 5.82 Å². The summed E-state index contributed by atoms with van der Waals surface area (Å²) in [5.74, 6) is -0.500. The van der Waals surface area contributed by atoms with Gasteiger partial charge in [-0.05, 0) is 58.2 Å². The van der Waals surface area contributed by atoms with Crippen molar-refractivity contribution in [2.24, 2.45) is 0 Å². The number of rotatable bonds is 5. The highest BCUT2D eigenvalue weighted by atomic mass is 79.9. The van der Waals surface area contributed by atoms with Crippen LogP contribution in [0.3, 0.4) is 0 Å². The largest absolute Gasteiger partial charge is 0.241 e. The predicted molar refractivity (Wildman–Crippen MR) is 84.4 cm³/mol. The lowest BCUT2D eigenvalue weighted by atomic mass is 10.2. The minimum absolute atomic E-state index is 0.00925. The van der Waals surface area contributed by atoms with Crippen LogP contribution in [0.5, 0.6) is 0 Å². The zero-order valence-corrected chi connectivity index (χ0v) is 14.0. The Hall–Kier alpha value is -0.950. The van der Waals surface area contributed by atoms with Gasteiger partial charge in [0.05, 0.1) is 4.90 Å². The molecule has 2 rings (SSSR count). The second-order valence-electron chi connectivity index (χ2n) is 4.35. The molecule has 0 aliphatic heterocycles. The van der Waals surface area contributed by atoms with E-state index in [9.17, 15) is 12.8 Å². The van der Waals surface area contributed by atoms with Gasteiger partial charge >= 0.3 is 0 Å². The van der Waals surface area contributed by atoms with Crippen molar-refractivity contribution < 1.29 is 12.8 Å². The summed E-state index contributed by atoms with van der Waals surface area (Å²) in [7, 11) is -3.68. The standard InChI is InChI=1S/C14H12BrClFNO2S/c15-13-9-12(17)4-5-14(13)21(19,20)18-7-6-10-2-1-3-11(16)8-10/h1-5,8-9,18H,6-7H2. The first kappa shape index (κ1) is 16.4. The van der Waals surface area contributed by atoms with Gasteiger partial charge in [0, 0.05) is 16.0 Å². The van der Waals surface area contributed by atoms with E-state index in [1.165, 1.54) is 6.07 Å². The monoisotopic (exact) mass is 391 g/mol. The zero-order chi connectivity index (χ0) is 15.5. The Balaban J connectivity index is 2.05. The Kier molecular flexibility index (Phi) is 5.37. The molecule has 1 N–H and O–H groups in total. The normalized spacial score (nSPS) is 11.6. The fourth-order valence-electron chi connectivity index (χ4n) is 1.79. The van der Waals surface area contributed by atoms with E-state index in [2.05, 4.69) is 20.7 Å². The van der Waals surface area contributed by atoms with Crippen LogP contribution in [0.25, 0.3) is 0 Å². The molecular formula is C14H12BrClFNO2S. The quantitative estimate of drug-likeness (QED) is 0.842. The van der Waals surface area contributed by atoms with Gasteiger partial charge in [-0.15, -0.1) is 0 Å². The van der Waals surface area contributed by atoms with Crippen LogP contribution in [-0.4, -0.2) is 15.0 Å². The molecule has 0 unspecified atom stereocenters. The highest BCUT2D eigenvalue weighted by Crippen LogP contribution is 2.22. The molecule has 0 amide bonds. The predicted octanol–water partition coefficient (Wildman–Crippen LogP) is 3.76. The van der Waals surface area contributed by atoms with Crippen molar-refractivity contribution in [3.8, 4) is 0 Å². The molecule has 0 fully saturated rings. The van der Waals surface area contributed by atoms with Crippen LogP contribution in [0.15, 0.2) is 51.8 Å². The first-order valence-corrected chi connectivity index (χ1v) is 8.73. The number of nitrogens with one attached hydrogen (secondary N) is 1. The lowest BCUT2D eigenvalue weighted by molar-refractivity contribution is 0.580. The second kappa shape index (κ2) is 6.87. The van der Waals surface area contributed by atoms with Crippen molar-refractivity contribution in [2.45, 2.75) is 11.3 Å². The molecule has 112 valence electrons. The van der Waals surface area contributed by atoms with E-state index in [1.54, 1.807) is 12.1 Å². The number of benzene rings is 2. The van der Waals surface area contributed by atoms with E-state index < -0.39 is 15.8 Å². The summed E-state index contributed by atoms with van der Waals surface area (Å²) in [4.78, 5) is 0.00925. The highest BCUT2D eigenvalue weighted by Gasteiger charge is 2.17. The average Bonchev–Trinajstić information content (AvgIpc) is 2.38. The van der Waals surface area contributed by atoms with Crippen LogP contribution < -0.4 is 4.72 Å². The summed E-state index contributed by atoms with van der Waals surface area (Å²) in [6.45, 7) is 0.229. The Bertz CT molecular complexity index is 752. The Morgan fingerprint density at radius 3 is 2.62 bits per heavy atom. The summed E-state index contributed by atoms with van der Waals surface area (Å²) in [5, 5.41) is 0.608. The third kappa shape index (κ3) is 4.51. The van der Waals surface area contributed by atoms with Gasteiger partial charge in [0.15, 0.2) is 0 Å². The van der Waals surface area contributed by atoms with Crippen LogP contribution >= 0.6 is 27.5 Å². The maximum atomic E-state index is 13.0. The minimum Gasteiger partial charge on any atom is -0.211 e. The third-order valence-electron chi connectivity index (χ3n) is 2.78. The molecule has 7 heteroatoms.